The third-order valence-electron chi connectivity index (χ3n) is 5.28. The van der Waals surface area contributed by atoms with Gasteiger partial charge in [0.2, 0.25) is 0 Å². The first-order valence-electron chi connectivity index (χ1n) is 9.48. The molecule has 7 heteroatoms. The van der Waals surface area contributed by atoms with E-state index < -0.39 is 4.92 Å². The highest BCUT2D eigenvalue weighted by atomic mass is 32.2. The lowest BCUT2D eigenvalue weighted by Crippen LogP contribution is -2.15. The number of non-ortho nitro benzene ring substituents is 1. The standard InChI is InChI=1S/C23H17N3O3S/c24-13-18-11-17-10-16(15-4-2-1-3-5-15)6-8-21(17)25-23(18)30-22-9-7-20(26(28)29)12-19(22)14-27/h1-5,7,9,11-12,14,16H,6,8,10H2. The van der Waals surface area contributed by atoms with Gasteiger partial charge in [-0.3, -0.25) is 14.9 Å². The number of aromatic nitrogens is 1. The van der Waals surface area contributed by atoms with E-state index in [1.807, 2.05) is 24.3 Å². The zero-order valence-corrected chi connectivity index (χ0v) is 16.8. The van der Waals surface area contributed by atoms with Crippen molar-refractivity contribution in [3.05, 3.63) is 92.7 Å². The zero-order valence-electron chi connectivity index (χ0n) is 15.9. The van der Waals surface area contributed by atoms with Gasteiger partial charge in [0.1, 0.15) is 11.1 Å². The molecule has 1 aliphatic rings. The number of fused-ring (bicyclic) bond motifs is 1. The number of nitriles is 1. The van der Waals surface area contributed by atoms with Crippen molar-refractivity contribution in [2.45, 2.75) is 35.1 Å². The van der Waals surface area contributed by atoms with E-state index in [9.17, 15) is 20.2 Å². The second-order valence-electron chi connectivity index (χ2n) is 7.11. The summed E-state index contributed by atoms with van der Waals surface area (Å²) >= 11 is 1.19. The molecule has 1 atom stereocenters. The lowest BCUT2D eigenvalue weighted by molar-refractivity contribution is -0.384. The van der Waals surface area contributed by atoms with Gasteiger partial charge in [-0.1, -0.05) is 42.1 Å². The normalized spacial score (nSPS) is 15.1. The number of carbonyl (C=O) groups is 1. The third kappa shape index (κ3) is 3.95. The number of carbonyl (C=O) groups excluding carboxylic acids is 1. The summed E-state index contributed by atoms with van der Waals surface area (Å²) in [5.74, 6) is 0.405. The van der Waals surface area contributed by atoms with Gasteiger partial charge in [-0.15, -0.1) is 0 Å². The van der Waals surface area contributed by atoms with Crippen LogP contribution in [0.3, 0.4) is 0 Å². The summed E-state index contributed by atoms with van der Waals surface area (Å²) in [5, 5.41) is 21.1. The van der Waals surface area contributed by atoms with Crippen molar-refractivity contribution in [2.75, 3.05) is 0 Å². The molecule has 1 aromatic heterocycles. The highest BCUT2D eigenvalue weighted by Crippen LogP contribution is 2.37. The lowest BCUT2D eigenvalue weighted by atomic mass is 9.82. The van der Waals surface area contributed by atoms with E-state index in [2.05, 4.69) is 18.2 Å². The Morgan fingerprint density at radius 3 is 2.70 bits per heavy atom. The first kappa shape index (κ1) is 19.8. The number of nitrogens with zero attached hydrogens (tertiary/aromatic N) is 3. The minimum atomic E-state index is -0.539. The average molecular weight is 415 g/mol. The van der Waals surface area contributed by atoms with Crippen molar-refractivity contribution in [1.82, 2.24) is 4.98 Å². The Hall–Kier alpha value is -3.50. The molecule has 148 valence electrons. The fourth-order valence-corrected chi connectivity index (χ4v) is 4.69. The van der Waals surface area contributed by atoms with E-state index in [-0.39, 0.29) is 11.3 Å². The number of nitro groups is 1. The Balaban J connectivity index is 1.65. The Morgan fingerprint density at radius 1 is 1.20 bits per heavy atom. The molecule has 0 saturated heterocycles. The van der Waals surface area contributed by atoms with Crippen LogP contribution < -0.4 is 0 Å². The van der Waals surface area contributed by atoms with E-state index in [1.54, 1.807) is 0 Å². The largest absolute Gasteiger partial charge is 0.298 e. The molecule has 30 heavy (non-hydrogen) atoms. The van der Waals surface area contributed by atoms with Crippen molar-refractivity contribution in [2.24, 2.45) is 0 Å². The molecule has 0 N–H and O–H groups in total. The van der Waals surface area contributed by atoms with Crippen molar-refractivity contribution >= 4 is 23.7 Å². The molecular weight excluding hydrogens is 398 g/mol. The first-order chi connectivity index (χ1) is 14.6. The van der Waals surface area contributed by atoms with Crippen molar-refractivity contribution in [3.63, 3.8) is 0 Å². The molecule has 6 nitrogen and oxygen atoms in total. The monoisotopic (exact) mass is 415 g/mol. The molecule has 3 aromatic rings. The fourth-order valence-electron chi connectivity index (χ4n) is 3.75. The predicted molar refractivity (Wildman–Crippen MR) is 113 cm³/mol. The summed E-state index contributed by atoms with van der Waals surface area (Å²) in [6.07, 6.45) is 3.22. The van der Waals surface area contributed by atoms with Gasteiger partial charge in [-0.2, -0.15) is 5.26 Å². The fraction of sp³-hybridized carbons (Fsp3) is 0.174. The number of nitro benzene ring substituents is 1. The highest BCUT2D eigenvalue weighted by Gasteiger charge is 2.23. The molecule has 0 spiro atoms. The Labute approximate surface area is 177 Å². The number of pyridine rings is 1. The molecule has 0 bridgehead atoms. The molecule has 0 radical (unpaired) electrons. The zero-order chi connectivity index (χ0) is 21.1. The Kier molecular flexibility index (Phi) is 5.59. The van der Waals surface area contributed by atoms with Crippen molar-refractivity contribution in [3.8, 4) is 6.07 Å². The summed E-state index contributed by atoms with van der Waals surface area (Å²) in [6, 6.07) is 18.6. The molecule has 0 aliphatic heterocycles. The van der Waals surface area contributed by atoms with E-state index in [0.29, 0.717) is 27.7 Å². The third-order valence-corrected chi connectivity index (χ3v) is 6.38. The molecule has 1 unspecified atom stereocenters. The molecule has 4 rings (SSSR count). The van der Waals surface area contributed by atoms with Gasteiger partial charge >= 0.3 is 0 Å². The number of aryl methyl sites for hydroxylation is 1. The average Bonchev–Trinajstić information content (AvgIpc) is 2.79. The number of benzene rings is 2. The van der Waals surface area contributed by atoms with Crippen LogP contribution in [0.25, 0.3) is 0 Å². The summed E-state index contributed by atoms with van der Waals surface area (Å²) in [4.78, 5) is 27.1. The van der Waals surface area contributed by atoms with Gasteiger partial charge in [0.25, 0.3) is 5.69 Å². The van der Waals surface area contributed by atoms with Gasteiger partial charge in [0.05, 0.1) is 10.5 Å². The van der Waals surface area contributed by atoms with Crippen LogP contribution in [0.1, 0.15) is 45.1 Å². The van der Waals surface area contributed by atoms with Gasteiger partial charge in [0.15, 0.2) is 6.29 Å². The van der Waals surface area contributed by atoms with Crippen LogP contribution in [-0.2, 0) is 12.8 Å². The van der Waals surface area contributed by atoms with Crippen LogP contribution in [0, 0.1) is 21.4 Å². The van der Waals surface area contributed by atoms with E-state index in [4.69, 9.17) is 4.98 Å². The van der Waals surface area contributed by atoms with Gasteiger partial charge in [-0.05, 0) is 48.4 Å². The van der Waals surface area contributed by atoms with Crippen LogP contribution in [0.4, 0.5) is 5.69 Å². The van der Waals surface area contributed by atoms with Gasteiger partial charge in [0, 0.05) is 28.3 Å². The molecule has 1 aliphatic carbocycles. The van der Waals surface area contributed by atoms with Crippen LogP contribution in [-0.4, -0.2) is 16.2 Å². The number of aldehydes is 1. The molecule has 1 heterocycles. The van der Waals surface area contributed by atoms with Crippen LogP contribution in [0.5, 0.6) is 0 Å². The smallest absolute Gasteiger partial charge is 0.270 e. The molecular formula is C23H17N3O3S. The number of rotatable bonds is 5. The van der Waals surface area contributed by atoms with E-state index in [0.717, 1.165) is 30.5 Å². The topological polar surface area (TPSA) is 96.9 Å². The van der Waals surface area contributed by atoms with E-state index >= 15 is 0 Å². The summed E-state index contributed by atoms with van der Waals surface area (Å²) in [6.45, 7) is 0. The number of hydrogen-bond donors (Lipinski definition) is 0. The van der Waals surface area contributed by atoms with Crippen LogP contribution in [0.2, 0.25) is 0 Å². The second-order valence-corrected chi connectivity index (χ2v) is 8.14. The molecule has 0 saturated carbocycles. The molecule has 2 aromatic carbocycles. The first-order valence-corrected chi connectivity index (χ1v) is 10.3. The summed E-state index contributed by atoms with van der Waals surface area (Å²) in [7, 11) is 0. The van der Waals surface area contributed by atoms with Crippen molar-refractivity contribution < 1.29 is 9.72 Å². The highest BCUT2D eigenvalue weighted by molar-refractivity contribution is 7.99. The van der Waals surface area contributed by atoms with Crippen molar-refractivity contribution in [1.29, 1.82) is 5.26 Å². The van der Waals surface area contributed by atoms with Crippen LogP contribution in [0.15, 0.2) is 64.5 Å². The summed E-state index contributed by atoms with van der Waals surface area (Å²) in [5.41, 5.74) is 3.85. The maximum Gasteiger partial charge on any atom is 0.270 e. The second kappa shape index (κ2) is 8.47. The SMILES string of the molecule is N#Cc1cc2c(nc1Sc1ccc([N+](=O)[O-])cc1C=O)CCC(c1ccccc1)C2. The quantitative estimate of drug-likeness (QED) is 0.327. The molecule has 0 fully saturated rings. The predicted octanol–water partition coefficient (Wildman–Crippen LogP) is 5.10. The van der Waals surface area contributed by atoms with E-state index in [1.165, 1.54) is 35.5 Å². The Morgan fingerprint density at radius 2 is 2.00 bits per heavy atom. The maximum atomic E-state index is 11.4. The van der Waals surface area contributed by atoms with Gasteiger partial charge in [-0.25, -0.2) is 4.98 Å². The lowest BCUT2D eigenvalue weighted by Gasteiger charge is -2.25. The maximum absolute atomic E-state index is 11.4. The van der Waals surface area contributed by atoms with Crippen LogP contribution >= 0.6 is 11.8 Å². The molecule has 0 amide bonds. The Bertz CT molecular complexity index is 1170. The number of hydrogen-bond acceptors (Lipinski definition) is 6. The summed E-state index contributed by atoms with van der Waals surface area (Å²) < 4.78 is 0. The minimum Gasteiger partial charge on any atom is -0.298 e. The van der Waals surface area contributed by atoms with Gasteiger partial charge < -0.3 is 0 Å². The minimum absolute atomic E-state index is 0.146.